The van der Waals surface area contributed by atoms with E-state index in [4.69, 9.17) is 10.8 Å². The van der Waals surface area contributed by atoms with Crippen molar-refractivity contribution in [2.75, 3.05) is 0 Å². The van der Waals surface area contributed by atoms with Gasteiger partial charge < -0.3 is 10.8 Å². The molecule has 0 amide bonds. The van der Waals surface area contributed by atoms with E-state index in [1.165, 1.54) is 12.1 Å². The molecule has 0 radical (unpaired) electrons. The van der Waals surface area contributed by atoms with Crippen LogP contribution in [0.15, 0.2) is 18.3 Å². The molecule has 0 spiro atoms. The molecule has 0 saturated carbocycles. The summed E-state index contributed by atoms with van der Waals surface area (Å²) in [6.45, 7) is 3.61. The summed E-state index contributed by atoms with van der Waals surface area (Å²) in [5.74, 6) is -1.38. The van der Waals surface area contributed by atoms with Crippen LogP contribution >= 0.6 is 0 Å². The van der Waals surface area contributed by atoms with Crippen LogP contribution in [0.3, 0.4) is 0 Å². The Morgan fingerprint density at radius 2 is 2.29 bits per heavy atom. The van der Waals surface area contributed by atoms with E-state index < -0.39 is 17.2 Å². The molecule has 0 bridgehead atoms. The lowest BCUT2D eigenvalue weighted by atomic mass is 9.73. The van der Waals surface area contributed by atoms with Crippen LogP contribution in [0.2, 0.25) is 0 Å². The predicted molar refractivity (Wildman–Crippen MR) is 62.1 cm³/mol. The lowest BCUT2D eigenvalue weighted by Crippen LogP contribution is -2.45. The highest BCUT2D eigenvalue weighted by molar-refractivity contribution is 5.69. The van der Waals surface area contributed by atoms with Crippen molar-refractivity contribution in [2.24, 2.45) is 5.73 Å². The van der Waals surface area contributed by atoms with Gasteiger partial charge in [-0.1, -0.05) is 6.92 Å². The number of hydrogen-bond acceptors (Lipinski definition) is 3. The molecule has 0 fully saturated rings. The number of pyridine rings is 1. The van der Waals surface area contributed by atoms with Crippen LogP contribution in [0.5, 0.6) is 0 Å². The predicted octanol–water partition coefficient (Wildman–Crippen LogP) is 1.69. The molecule has 1 rings (SSSR count). The molecule has 4 nitrogen and oxygen atoms in total. The van der Waals surface area contributed by atoms with Gasteiger partial charge in [0.05, 0.1) is 12.6 Å². The van der Waals surface area contributed by atoms with Crippen LogP contribution in [0.25, 0.3) is 0 Å². The maximum absolute atomic E-state index is 12.8. The zero-order valence-electron chi connectivity index (χ0n) is 9.98. The number of carboxylic acid groups (broad SMARTS) is 1. The number of nitrogens with two attached hydrogens (primary N) is 1. The van der Waals surface area contributed by atoms with Gasteiger partial charge in [0.15, 0.2) is 0 Å². The second kappa shape index (κ2) is 5.23. The topological polar surface area (TPSA) is 76.2 Å². The first-order chi connectivity index (χ1) is 7.92. The van der Waals surface area contributed by atoms with Crippen molar-refractivity contribution in [1.82, 2.24) is 4.98 Å². The van der Waals surface area contributed by atoms with Crippen molar-refractivity contribution in [2.45, 2.75) is 38.1 Å². The summed E-state index contributed by atoms with van der Waals surface area (Å²) in [6.07, 6.45) is 1.51. The van der Waals surface area contributed by atoms with Gasteiger partial charge in [-0.2, -0.15) is 0 Å². The zero-order valence-corrected chi connectivity index (χ0v) is 9.98. The molecule has 3 N–H and O–H groups in total. The van der Waals surface area contributed by atoms with E-state index in [2.05, 4.69) is 4.98 Å². The molecular formula is C12H17FN2O2. The molecule has 17 heavy (non-hydrogen) atoms. The number of hydrogen-bond donors (Lipinski definition) is 2. The van der Waals surface area contributed by atoms with E-state index in [-0.39, 0.29) is 12.5 Å². The van der Waals surface area contributed by atoms with E-state index >= 15 is 0 Å². The van der Waals surface area contributed by atoms with Gasteiger partial charge in [0.2, 0.25) is 0 Å². The minimum atomic E-state index is -0.935. The van der Waals surface area contributed by atoms with Gasteiger partial charge in [0, 0.05) is 17.2 Å². The largest absolute Gasteiger partial charge is 0.481 e. The van der Waals surface area contributed by atoms with E-state index in [1.807, 2.05) is 6.92 Å². The number of aliphatic carboxylic acids is 1. The Kier molecular flexibility index (Phi) is 4.17. The molecule has 0 saturated heterocycles. The number of nitrogens with zero attached hydrogens (tertiary/aromatic N) is 1. The lowest BCUT2D eigenvalue weighted by molar-refractivity contribution is -0.138. The van der Waals surface area contributed by atoms with Crippen molar-refractivity contribution in [3.05, 3.63) is 29.8 Å². The van der Waals surface area contributed by atoms with Crippen LogP contribution in [-0.2, 0) is 10.2 Å². The van der Waals surface area contributed by atoms with Crippen LogP contribution in [0.4, 0.5) is 4.39 Å². The fraction of sp³-hybridized carbons (Fsp3) is 0.500. The molecule has 5 heteroatoms. The molecule has 0 aliphatic rings. The van der Waals surface area contributed by atoms with Crippen molar-refractivity contribution in [3.63, 3.8) is 0 Å². The Balaban J connectivity index is 3.21. The van der Waals surface area contributed by atoms with Gasteiger partial charge in [-0.3, -0.25) is 9.78 Å². The first-order valence-electron chi connectivity index (χ1n) is 5.52. The third-order valence-electron chi connectivity index (χ3n) is 3.21. The average molecular weight is 240 g/mol. The maximum atomic E-state index is 12.8. The molecule has 1 heterocycles. The maximum Gasteiger partial charge on any atom is 0.304 e. The Hall–Kier alpha value is -1.49. The second-order valence-corrected chi connectivity index (χ2v) is 4.23. The number of halogens is 1. The Morgan fingerprint density at radius 3 is 2.65 bits per heavy atom. The molecule has 2 unspecified atom stereocenters. The van der Waals surface area contributed by atoms with E-state index in [0.29, 0.717) is 12.1 Å². The molecule has 1 aromatic rings. The SMILES string of the molecule is CCC(CC(=O)O)(c1ccc(F)cn1)C(C)N. The van der Waals surface area contributed by atoms with Crippen LogP contribution in [0, 0.1) is 5.82 Å². The van der Waals surface area contributed by atoms with E-state index in [9.17, 15) is 9.18 Å². The number of rotatable bonds is 5. The Labute approximate surface area is 99.7 Å². The molecule has 2 atom stereocenters. The van der Waals surface area contributed by atoms with Gasteiger partial charge in [-0.15, -0.1) is 0 Å². The highest BCUT2D eigenvalue weighted by Crippen LogP contribution is 2.33. The van der Waals surface area contributed by atoms with Crippen molar-refractivity contribution in [3.8, 4) is 0 Å². The minimum absolute atomic E-state index is 0.111. The first kappa shape index (κ1) is 13.6. The van der Waals surface area contributed by atoms with Crippen LogP contribution < -0.4 is 5.73 Å². The summed E-state index contributed by atoms with van der Waals surface area (Å²) >= 11 is 0. The fourth-order valence-electron chi connectivity index (χ4n) is 2.05. The summed E-state index contributed by atoms with van der Waals surface area (Å²) in [7, 11) is 0. The third kappa shape index (κ3) is 2.79. The van der Waals surface area contributed by atoms with Crippen LogP contribution in [0.1, 0.15) is 32.4 Å². The van der Waals surface area contributed by atoms with Crippen molar-refractivity contribution >= 4 is 5.97 Å². The van der Waals surface area contributed by atoms with Gasteiger partial charge in [-0.25, -0.2) is 4.39 Å². The smallest absolute Gasteiger partial charge is 0.304 e. The fourth-order valence-corrected chi connectivity index (χ4v) is 2.05. The van der Waals surface area contributed by atoms with Crippen LogP contribution in [-0.4, -0.2) is 22.1 Å². The Morgan fingerprint density at radius 1 is 1.65 bits per heavy atom. The molecular weight excluding hydrogens is 223 g/mol. The number of aromatic nitrogens is 1. The number of carboxylic acids is 1. The summed E-state index contributed by atoms with van der Waals surface area (Å²) in [5, 5.41) is 8.99. The van der Waals surface area contributed by atoms with Gasteiger partial charge >= 0.3 is 5.97 Å². The first-order valence-corrected chi connectivity index (χ1v) is 5.52. The molecule has 94 valence electrons. The lowest BCUT2D eigenvalue weighted by Gasteiger charge is -2.34. The molecule has 1 aromatic heterocycles. The molecule has 0 aliphatic heterocycles. The second-order valence-electron chi connectivity index (χ2n) is 4.23. The van der Waals surface area contributed by atoms with E-state index in [0.717, 1.165) is 6.20 Å². The highest BCUT2D eigenvalue weighted by atomic mass is 19.1. The van der Waals surface area contributed by atoms with Crippen molar-refractivity contribution < 1.29 is 14.3 Å². The minimum Gasteiger partial charge on any atom is -0.481 e. The summed E-state index contributed by atoms with van der Waals surface area (Å²) in [6, 6.07) is 2.41. The molecule has 0 aromatic carbocycles. The standard InChI is InChI=1S/C12H17FN2O2/c1-3-12(8(2)14,6-11(16)17)10-5-4-9(13)7-15-10/h4-5,7-8H,3,6,14H2,1-2H3,(H,16,17). The summed E-state index contributed by atoms with van der Waals surface area (Å²) in [5.41, 5.74) is 5.68. The Bertz CT molecular complexity index is 392. The highest BCUT2D eigenvalue weighted by Gasteiger charge is 2.38. The normalized spacial score (nSPS) is 16.2. The quantitative estimate of drug-likeness (QED) is 0.821. The van der Waals surface area contributed by atoms with Crippen molar-refractivity contribution in [1.29, 1.82) is 0 Å². The summed E-state index contributed by atoms with van der Waals surface area (Å²) in [4.78, 5) is 14.9. The third-order valence-corrected chi connectivity index (χ3v) is 3.21. The van der Waals surface area contributed by atoms with Gasteiger partial charge in [0.1, 0.15) is 5.82 Å². The molecule has 0 aliphatic carbocycles. The monoisotopic (exact) mass is 240 g/mol. The van der Waals surface area contributed by atoms with Gasteiger partial charge in [-0.05, 0) is 25.5 Å². The van der Waals surface area contributed by atoms with E-state index in [1.54, 1.807) is 6.92 Å². The number of carbonyl (C=O) groups is 1. The van der Waals surface area contributed by atoms with Gasteiger partial charge in [0.25, 0.3) is 0 Å². The average Bonchev–Trinajstić information content (AvgIpc) is 2.26. The zero-order chi connectivity index (χ0) is 13.1. The summed E-state index contributed by atoms with van der Waals surface area (Å²) < 4.78 is 12.8.